The van der Waals surface area contributed by atoms with Gasteiger partial charge in [-0.25, -0.2) is 0 Å². The van der Waals surface area contributed by atoms with Crippen molar-refractivity contribution in [2.24, 2.45) is 0 Å². The smallest absolute Gasteiger partial charge is 0.250 e. The predicted octanol–water partition coefficient (Wildman–Crippen LogP) is 11.8. The van der Waals surface area contributed by atoms with E-state index in [0.29, 0.717) is 0 Å². The van der Waals surface area contributed by atoms with Gasteiger partial charge in [0.25, 0.3) is 8.32 Å². The molecule has 1 aromatic carbocycles. The van der Waals surface area contributed by atoms with Crippen molar-refractivity contribution in [2.75, 3.05) is 0 Å². The normalized spacial score (nSPS) is 20.4. The Labute approximate surface area is 248 Å². The van der Waals surface area contributed by atoms with E-state index >= 15 is 0 Å². The molecule has 3 rings (SSSR count). The minimum Gasteiger partial charge on any atom is -0.543 e. The highest BCUT2D eigenvalue weighted by Crippen LogP contribution is 2.47. The first-order valence-electron chi connectivity index (χ1n) is 16.1. The molecule has 1 aromatic rings. The average Bonchev–Trinajstić information content (AvgIpc) is 3.38. The van der Waals surface area contributed by atoms with Crippen LogP contribution in [0.25, 0.3) is 0 Å². The lowest BCUT2D eigenvalue weighted by molar-refractivity contribution is 0.0559. The molecule has 0 spiro atoms. The summed E-state index contributed by atoms with van der Waals surface area (Å²) >= 11 is 0. The molecule has 0 amide bonds. The Hall–Kier alpha value is -1.74. The van der Waals surface area contributed by atoms with Crippen molar-refractivity contribution >= 4 is 8.32 Å². The standard InChI is InChI=1S/C37H60O2Si/c1-27(19-15-23-32-21-12-13-22-32)17-14-18-28(2)20-16-25-37(9)26-24-33-31(5)34(29(3)30(4)35(33)38-37)39-40(10,11)36(6,7)8/h17,20,23H,12-16,18-19,21-22,24-26H2,1-11H3/b27-17+,28-20+/t37-/m1/s1. The van der Waals surface area contributed by atoms with Crippen molar-refractivity contribution in [3.63, 3.8) is 0 Å². The van der Waals surface area contributed by atoms with Crippen molar-refractivity contribution in [1.82, 2.24) is 0 Å². The lowest BCUT2D eigenvalue weighted by Crippen LogP contribution is -2.44. The van der Waals surface area contributed by atoms with Gasteiger partial charge in [0.05, 0.1) is 0 Å². The summed E-state index contributed by atoms with van der Waals surface area (Å²) in [5.41, 5.74) is 9.80. The van der Waals surface area contributed by atoms with Crippen LogP contribution in [-0.2, 0) is 6.42 Å². The zero-order valence-electron chi connectivity index (χ0n) is 28.0. The van der Waals surface area contributed by atoms with Crippen molar-refractivity contribution in [3.05, 3.63) is 57.2 Å². The van der Waals surface area contributed by atoms with Crippen LogP contribution in [-0.4, -0.2) is 13.9 Å². The molecule has 1 aliphatic carbocycles. The second-order valence-electron chi connectivity index (χ2n) is 14.7. The number of benzene rings is 1. The fourth-order valence-corrected chi connectivity index (χ4v) is 7.05. The first-order valence-corrected chi connectivity index (χ1v) is 19.0. The van der Waals surface area contributed by atoms with Gasteiger partial charge in [-0.3, -0.25) is 0 Å². The van der Waals surface area contributed by atoms with Crippen LogP contribution in [0.15, 0.2) is 34.9 Å². The van der Waals surface area contributed by atoms with Gasteiger partial charge in [-0.05, 0) is 153 Å². The van der Waals surface area contributed by atoms with Crippen molar-refractivity contribution in [2.45, 2.75) is 163 Å². The van der Waals surface area contributed by atoms with E-state index in [2.05, 4.69) is 93.6 Å². The molecule has 224 valence electrons. The molecule has 0 bridgehead atoms. The van der Waals surface area contributed by atoms with Crippen LogP contribution in [0, 0.1) is 20.8 Å². The molecule has 2 aliphatic rings. The summed E-state index contributed by atoms with van der Waals surface area (Å²) in [6.07, 6.45) is 21.9. The van der Waals surface area contributed by atoms with Crippen molar-refractivity contribution in [1.29, 1.82) is 0 Å². The van der Waals surface area contributed by atoms with E-state index in [1.807, 2.05) is 0 Å². The first-order chi connectivity index (χ1) is 18.6. The molecule has 0 unspecified atom stereocenters. The highest BCUT2D eigenvalue weighted by Gasteiger charge is 2.41. The Balaban J connectivity index is 1.56. The molecule has 1 aliphatic heterocycles. The first kappa shape index (κ1) is 32.8. The topological polar surface area (TPSA) is 18.5 Å². The highest BCUT2D eigenvalue weighted by atomic mass is 28.4. The molecule has 0 aromatic heterocycles. The van der Waals surface area contributed by atoms with Crippen LogP contribution in [0.2, 0.25) is 18.1 Å². The summed E-state index contributed by atoms with van der Waals surface area (Å²) in [6.45, 7) is 25.2. The van der Waals surface area contributed by atoms with Crippen LogP contribution < -0.4 is 9.16 Å². The lowest BCUT2D eigenvalue weighted by atomic mass is 9.85. The van der Waals surface area contributed by atoms with Gasteiger partial charge in [0.15, 0.2) is 0 Å². The summed E-state index contributed by atoms with van der Waals surface area (Å²) in [7, 11) is -1.91. The maximum atomic E-state index is 6.87. The second kappa shape index (κ2) is 13.5. The third-order valence-corrected chi connectivity index (χ3v) is 14.5. The molecule has 2 nitrogen and oxygen atoms in total. The Morgan fingerprint density at radius 3 is 2.10 bits per heavy atom. The summed E-state index contributed by atoms with van der Waals surface area (Å²) < 4.78 is 13.7. The van der Waals surface area contributed by atoms with E-state index < -0.39 is 8.32 Å². The van der Waals surface area contributed by atoms with Crippen LogP contribution >= 0.6 is 0 Å². The molecule has 1 heterocycles. The maximum absolute atomic E-state index is 6.87. The van der Waals surface area contributed by atoms with Crippen molar-refractivity contribution in [3.8, 4) is 11.5 Å². The minimum atomic E-state index is -1.91. The molecule has 40 heavy (non-hydrogen) atoms. The summed E-state index contributed by atoms with van der Waals surface area (Å²) in [6, 6.07) is 0. The monoisotopic (exact) mass is 564 g/mol. The Morgan fingerprint density at radius 1 is 0.875 bits per heavy atom. The van der Waals surface area contributed by atoms with E-state index in [1.54, 1.807) is 11.1 Å². The number of ether oxygens (including phenoxy) is 1. The molecule has 1 saturated carbocycles. The summed E-state index contributed by atoms with van der Waals surface area (Å²) in [5, 5.41) is 0.179. The second-order valence-corrected chi connectivity index (χ2v) is 19.4. The molecule has 0 N–H and O–H groups in total. The SMILES string of the molecule is C/C(=C\CC/C(C)=C/CC[C@]1(C)CCc2c(C)c(O[Si](C)(C)C(C)(C)C)c(C)c(C)c2O1)CCC=C1CCCC1. The fraction of sp³-hybridized carbons (Fsp3) is 0.676. The molecular weight excluding hydrogens is 504 g/mol. The Morgan fingerprint density at radius 2 is 1.48 bits per heavy atom. The molecule has 1 atom stereocenters. The molecule has 3 heteroatoms. The zero-order chi connectivity index (χ0) is 29.7. The van der Waals surface area contributed by atoms with Crippen LogP contribution in [0.5, 0.6) is 11.5 Å². The van der Waals surface area contributed by atoms with E-state index in [-0.39, 0.29) is 10.6 Å². The van der Waals surface area contributed by atoms with E-state index in [9.17, 15) is 0 Å². The van der Waals surface area contributed by atoms with Gasteiger partial charge < -0.3 is 9.16 Å². The van der Waals surface area contributed by atoms with Gasteiger partial charge in [-0.1, -0.05) is 55.7 Å². The van der Waals surface area contributed by atoms with Gasteiger partial charge in [-0.15, -0.1) is 0 Å². The Bertz CT molecular complexity index is 1120. The number of fused-ring (bicyclic) bond motifs is 1. The maximum Gasteiger partial charge on any atom is 0.250 e. The van der Waals surface area contributed by atoms with Gasteiger partial charge in [0, 0.05) is 5.56 Å². The molecule has 1 fully saturated rings. The number of hydrogen-bond donors (Lipinski definition) is 0. The number of rotatable bonds is 11. The Kier molecular flexibility index (Phi) is 11.0. The zero-order valence-corrected chi connectivity index (χ0v) is 29.0. The lowest BCUT2D eigenvalue weighted by Gasteiger charge is -2.41. The molecule has 0 radical (unpaired) electrons. The van der Waals surface area contributed by atoms with E-state index in [1.165, 1.54) is 66.4 Å². The molecule has 0 saturated heterocycles. The van der Waals surface area contributed by atoms with Crippen LogP contribution in [0.3, 0.4) is 0 Å². The van der Waals surface area contributed by atoms with Gasteiger partial charge >= 0.3 is 0 Å². The largest absolute Gasteiger partial charge is 0.543 e. The summed E-state index contributed by atoms with van der Waals surface area (Å²) in [5.74, 6) is 2.24. The quantitative estimate of drug-likeness (QED) is 0.196. The van der Waals surface area contributed by atoms with E-state index in [0.717, 1.165) is 50.0 Å². The fourth-order valence-electron chi connectivity index (χ4n) is 5.93. The highest BCUT2D eigenvalue weighted by molar-refractivity contribution is 6.74. The van der Waals surface area contributed by atoms with Gasteiger partial charge in [0.2, 0.25) is 0 Å². The van der Waals surface area contributed by atoms with Crippen molar-refractivity contribution < 1.29 is 9.16 Å². The van der Waals surface area contributed by atoms with Gasteiger partial charge in [-0.2, -0.15) is 0 Å². The van der Waals surface area contributed by atoms with Gasteiger partial charge in [0.1, 0.15) is 17.1 Å². The predicted molar refractivity (Wildman–Crippen MR) is 178 cm³/mol. The summed E-state index contributed by atoms with van der Waals surface area (Å²) in [4.78, 5) is 0. The average molecular weight is 565 g/mol. The van der Waals surface area contributed by atoms with Crippen LogP contribution in [0.4, 0.5) is 0 Å². The number of hydrogen-bond acceptors (Lipinski definition) is 2. The van der Waals surface area contributed by atoms with E-state index in [4.69, 9.17) is 9.16 Å². The molecular formula is C37H60O2Si. The third-order valence-electron chi connectivity index (χ3n) is 10.1. The number of allylic oxidation sites excluding steroid dienone is 6. The third kappa shape index (κ3) is 8.40. The minimum absolute atomic E-state index is 0.112. The van der Waals surface area contributed by atoms with Crippen LogP contribution in [0.1, 0.15) is 134 Å².